The van der Waals surface area contributed by atoms with Crippen molar-refractivity contribution in [3.8, 4) is 44.5 Å². The van der Waals surface area contributed by atoms with Crippen molar-refractivity contribution in [2.24, 2.45) is 0 Å². The van der Waals surface area contributed by atoms with E-state index in [-0.39, 0.29) is 5.82 Å². The third-order valence-corrected chi connectivity index (χ3v) is 7.19. The molecule has 0 amide bonds. The van der Waals surface area contributed by atoms with Crippen LogP contribution >= 0.6 is 0 Å². The van der Waals surface area contributed by atoms with Crippen molar-refractivity contribution in [2.45, 2.75) is 0 Å². The maximum Gasteiger partial charge on any atom is 0.135 e. The van der Waals surface area contributed by atoms with Gasteiger partial charge in [0.2, 0.25) is 0 Å². The fraction of sp³-hybridized carbons (Fsp3) is 0. The SMILES string of the molecule is Fc1cccc(-c2ccc(-c3ccc(-c4ccc(-c5ccc6oc7ccccc7c6c5)cc4)cc3)cc2)c1. The Hall–Kier alpha value is -4.95. The summed E-state index contributed by atoms with van der Waals surface area (Å²) >= 11 is 0. The molecule has 7 aromatic rings. The minimum atomic E-state index is -0.220. The van der Waals surface area contributed by atoms with Crippen LogP contribution < -0.4 is 0 Å². The van der Waals surface area contributed by atoms with E-state index in [1.807, 2.05) is 36.4 Å². The van der Waals surface area contributed by atoms with Crippen LogP contribution in [0.25, 0.3) is 66.4 Å². The molecule has 1 aromatic heterocycles. The van der Waals surface area contributed by atoms with Gasteiger partial charge in [-0.3, -0.25) is 0 Å². The first-order chi connectivity index (χ1) is 18.7. The number of hydrogen-bond acceptors (Lipinski definition) is 1. The van der Waals surface area contributed by atoms with Crippen molar-refractivity contribution >= 4 is 21.9 Å². The summed E-state index contributed by atoms with van der Waals surface area (Å²) in [7, 11) is 0. The highest BCUT2D eigenvalue weighted by molar-refractivity contribution is 6.06. The predicted molar refractivity (Wildman–Crippen MR) is 155 cm³/mol. The second-order valence-corrected chi connectivity index (χ2v) is 9.55. The Kier molecular flexibility index (Phi) is 5.37. The first kappa shape index (κ1) is 22.3. The van der Waals surface area contributed by atoms with Gasteiger partial charge < -0.3 is 4.42 Å². The Morgan fingerprint density at radius 3 is 1.34 bits per heavy atom. The molecule has 0 bridgehead atoms. The largest absolute Gasteiger partial charge is 0.456 e. The van der Waals surface area contributed by atoms with Crippen LogP contribution in [0.5, 0.6) is 0 Å². The Morgan fingerprint density at radius 1 is 0.342 bits per heavy atom. The molecule has 180 valence electrons. The molecule has 2 heteroatoms. The lowest BCUT2D eigenvalue weighted by Crippen LogP contribution is -1.83. The van der Waals surface area contributed by atoms with E-state index in [0.717, 1.165) is 44.2 Å². The molecule has 7 rings (SSSR count). The molecule has 6 aromatic carbocycles. The molecule has 0 fully saturated rings. The number of hydrogen-bond donors (Lipinski definition) is 0. The molecule has 1 nitrogen and oxygen atoms in total. The molecular formula is C36H23FO. The highest BCUT2D eigenvalue weighted by Crippen LogP contribution is 2.33. The lowest BCUT2D eigenvalue weighted by Gasteiger charge is -2.08. The quantitative estimate of drug-likeness (QED) is 0.239. The Bertz CT molecular complexity index is 1890. The van der Waals surface area contributed by atoms with E-state index in [2.05, 4.69) is 84.9 Å². The van der Waals surface area contributed by atoms with Crippen LogP contribution in [0.2, 0.25) is 0 Å². The molecule has 0 atom stereocenters. The molecule has 1 heterocycles. The van der Waals surface area contributed by atoms with Crippen LogP contribution in [0.4, 0.5) is 4.39 Å². The van der Waals surface area contributed by atoms with Gasteiger partial charge in [0.1, 0.15) is 17.0 Å². The highest BCUT2D eigenvalue weighted by atomic mass is 19.1. The minimum absolute atomic E-state index is 0.220. The Morgan fingerprint density at radius 2 is 0.789 bits per heavy atom. The van der Waals surface area contributed by atoms with E-state index in [0.29, 0.717) is 0 Å². The molecule has 0 spiro atoms. The molecule has 0 unspecified atom stereocenters. The summed E-state index contributed by atoms with van der Waals surface area (Å²) in [5, 5.41) is 2.28. The molecule has 0 aliphatic heterocycles. The number of benzene rings is 6. The van der Waals surface area contributed by atoms with Crippen LogP contribution in [0.1, 0.15) is 0 Å². The van der Waals surface area contributed by atoms with Gasteiger partial charge in [-0.2, -0.15) is 0 Å². The lowest BCUT2D eigenvalue weighted by molar-refractivity contribution is 0.628. The van der Waals surface area contributed by atoms with Gasteiger partial charge in [-0.1, -0.05) is 109 Å². The van der Waals surface area contributed by atoms with Crippen molar-refractivity contribution in [1.82, 2.24) is 0 Å². The van der Waals surface area contributed by atoms with Crippen LogP contribution in [0.15, 0.2) is 144 Å². The molecule has 0 aliphatic carbocycles. The first-order valence-electron chi connectivity index (χ1n) is 12.7. The number of rotatable bonds is 4. The van der Waals surface area contributed by atoms with Crippen LogP contribution in [0.3, 0.4) is 0 Å². The summed E-state index contributed by atoms with van der Waals surface area (Å²) < 4.78 is 19.6. The van der Waals surface area contributed by atoms with Crippen molar-refractivity contribution in [2.75, 3.05) is 0 Å². The number of halogens is 1. The molecule has 0 N–H and O–H groups in total. The molecule has 0 radical (unpaired) electrons. The zero-order valence-corrected chi connectivity index (χ0v) is 20.6. The van der Waals surface area contributed by atoms with Gasteiger partial charge in [0.05, 0.1) is 0 Å². The summed E-state index contributed by atoms with van der Waals surface area (Å²) in [5.41, 5.74) is 10.7. The molecule has 0 aliphatic rings. The zero-order valence-electron chi connectivity index (χ0n) is 20.6. The Labute approximate surface area is 220 Å². The highest BCUT2D eigenvalue weighted by Gasteiger charge is 2.09. The number of fused-ring (bicyclic) bond motifs is 3. The predicted octanol–water partition coefficient (Wildman–Crippen LogP) is 10.4. The van der Waals surface area contributed by atoms with E-state index in [1.165, 1.54) is 28.3 Å². The van der Waals surface area contributed by atoms with E-state index in [4.69, 9.17) is 4.42 Å². The summed E-state index contributed by atoms with van der Waals surface area (Å²) in [6.45, 7) is 0. The van der Waals surface area contributed by atoms with Gasteiger partial charge in [-0.05, 0) is 74.8 Å². The molecule has 0 saturated carbocycles. The van der Waals surface area contributed by atoms with Crippen molar-refractivity contribution in [3.63, 3.8) is 0 Å². The number of furan rings is 1. The van der Waals surface area contributed by atoms with E-state index >= 15 is 0 Å². The van der Waals surface area contributed by atoms with Crippen LogP contribution in [0, 0.1) is 5.82 Å². The van der Waals surface area contributed by atoms with Crippen LogP contribution in [-0.2, 0) is 0 Å². The maximum atomic E-state index is 13.6. The van der Waals surface area contributed by atoms with Gasteiger partial charge >= 0.3 is 0 Å². The molecule has 0 saturated heterocycles. The summed E-state index contributed by atoms with van der Waals surface area (Å²) in [4.78, 5) is 0. The fourth-order valence-electron chi connectivity index (χ4n) is 5.14. The fourth-order valence-corrected chi connectivity index (χ4v) is 5.14. The van der Waals surface area contributed by atoms with Gasteiger partial charge in [0.15, 0.2) is 0 Å². The molecule has 38 heavy (non-hydrogen) atoms. The van der Waals surface area contributed by atoms with Crippen molar-refractivity contribution in [1.29, 1.82) is 0 Å². The van der Waals surface area contributed by atoms with Gasteiger partial charge in [0.25, 0.3) is 0 Å². The third kappa shape index (κ3) is 4.07. The van der Waals surface area contributed by atoms with E-state index < -0.39 is 0 Å². The monoisotopic (exact) mass is 490 g/mol. The Balaban J connectivity index is 1.12. The van der Waals surface area contributed by atoms with Crippen molar-refractivity contribution in [3.05, 3.63) is 145 Å². The topological polar surface area (TPSA) is 13.1 Å². The normalized spacial score (nSPS) is 11.3. The third-order valence-electron chi connectivity index (χ3n) is 7.19. The van der Waals surface area contributed by atoms with Gasteiger partial charge in [-0.15, -0.1) is 0 Å². The maximum absolute atomic E-state index is 13.6. The lowest BCUT2D eigenvalue weighted by atomic mass is 9.96. The van der Waals surface area contributed by atoms with Gasteiger partial charge in [0, 0.05) is 10.8 Å². The van der Waals surface area contributed by atoms with Crippen molar-refractivity contribution < 1.29 is 8.81 Å². The zero-order chi connectivity index (χ0) is 25.5. The average molecular weight is 491 g/mol. The smallest absolute Gasteiger partial charge is 0.135 e. The number of para-hydroxylation sites is 1. The summed E-state index contributed by atoms with van der Waals surface area (Å²) in [6, 6.07) is 46.8. The van der Waals surface area contributed by atoms with E-state index in [9.17, 15) is 4.39 Å². The van der Waals surface area contributed by atoms with Gasteiger partial charge in [-0.25, -0.2) is 4.39 Å². The average Bonchev–Trinajstić information content (AvgIpc) is 3.35. The summed E-state index contributed by atoms with van der Waals surface area (Å²) in [6.07, 6.45) is 0. The second-order valence-electron chi connectivity index (χ2n) is 9.55. The van der Waals surface area contributed by atoms with E-state index in [1.54, 1.807) is 12.1 Å². The standard InChI is InChI=1S/C36H23FO/c37-32-5-3-4-30(22-32)28-16-12-26(13-17-28)24-8-10-25(11-9-24)27-14-18-29(19-15-27)31-20-21-36-34(23-31)33-6-1-2-7-35(33)38-36/h1-23H. The first-order valence-corrected chi connectivity index (χ1v) is 12.7. The minimum Gasteiger partial charge on any atom is -0.456 e. The second kappa shape index (κ2) is 9.17. The van der Waals surface area contributed by atoms with Crippen LogP contribution in [-0.4, -0.2) is 0 Å². The molecular weight excluding hydrogens is 467 g/mol. The summed E-state index contributed by atoms with van der Waals surface area (Å²) in [5.74, 6) is -0.220.